The molecular formula is C12H17N5OS. The number of nitrogens with two attached hydrogens (primary N) is 1. The fourth-order valence-electron chi connectivity index (χ4n) is 1.48. The monoisotopic (exact) mass is 279 g/mol. The van der Waals surface area contributed by atoms with Crippen LogP contribution in [-0.2, 0) is 6.54 Å². The summed E-state index contributed by atoms with van der Waals surface area (Å²) in [6, 6.07) is 0. The Kier molecular flexibility index (Phi) is 4.16. The molecule has 0 fully saturated rings. The third kappa shape index (κ3) is 3.54. The Hall–Kier alpha value is -1.89. The van der Waals surface area contributed by atoms with Gasteiger partial charge in [-0.15, -0.1) is 11.3 Å². The zero-order valence-electron chi connectivity index (χ0n) is 11.2. The van der Waals surface area contributed by atoms with Crippen molar-refractivity contribution in [1.29, 1.82) is 0 Å². The van der Waals surface area contributed by atoms with Crippen LogP contribution in [0.1, 0.15) is 23.7 Å². The molecule has 6 nitrogen and oxygen atoms in total. The van der Waals surface area contributed by atoms with Crippen LogP contribution < -0.4 is 15.8 Å². The number of anilines is 2. The van der Waals surface area contributed by atoms with Gasteiger partial charge in [0.2, 0.25) is 5.88 Å². The van der Waals surface area contributed by atoms with Gasteiger partial charge in [-0.05, 0) is 20.8 Å². The Morgan fingerprint density at radius 1 is 1.37 bits per heavy atom. The molecule has 2 aromatic rings. The van der Waals surface area contributed by atoms with Crippen LogP contribution >= 0.6 is 11.3 Å². The molecular weight excluding hydrogens is 262 g/mol. The molecule has 0 aromatic carbocycles. The van der Waals surface area contributed by atoms with Crippen molar-refractivity contribution in [3.8, 4) is 5.88 Å². The molecule has 2 heterocycles. The molecule has 0 atom stereocenters. The molecule has 0 amide bonds. The fraction of sp³-hybridized carbons (Fsp3) is 0.417. The SMILES string of the molecule is Cc1cnc(CNc2ncnc(OC(C)C)c2N)s1. The van der Waals surface area contributed by atoms with Gasteiger partial charge in [0.1, 0.15) is 17.0 Å². The van der Waals surface area contributed by atoms with Crippen molar-refractivity contribution >= 4 is 22.8 Å². The molecule has 102 valence electrons. The second-order valence-electron chi connectivity index (χ2n) is 4.33. The Bertz CT molecular complexity index is 555. The first-order valence-corrected chi connectivity index (χ1v) is 6.80. The smallest absolute Gasteiger partial charge is 0.242 e. The van der Waals surface area contributed by atoms with E-state index in [0.29, 0.717) is 23.9 Å². The summed E-state index contributed by atoms with van der Waals surface area (Å²) < 4.78 is 5.51. The summed E-state index contributed by atoms with van der Waals surface area (Å²) in [6.07, 6.45) is 3.30. The molecule has 2 rings (SSSR count). The molecule has 2 aromatic heterocycles. The molecule has 0 aliphatic heterocycles. The number of hydrogen-bond acceptors (Lipinski definition) is 7. The maximum absolute atomic E-state index is 5.97. The van der Waals surface area contributed by atoms with E-state index in [1.54, 1.807) is 11.3 Å². The number of thiazole rings is 1. The molecule has 0 saturated carbocycles. The zero-order valence-corrected chi connectivity index (χ0v) is 12.0. The predicted octanol–water partition coefficient (Wildman–Crippen LogP) is 2.22. The average molecular weight is 279 g/mol. The van der Waals surface area contributed by atoms with E-state index in [-0.39, 0.29) is 6.10 Å². The number of hydrogen-bond donors (Lipinski definition) is 2. The van der Waals surface area contributed by atoms with E-state index in [0.717, 1.165) is 5.01 Å². The lowest BCUT2D eigenvalue weighted by atomic mass is 10.4. The molecule has 3 N–H and O–H groups in total. The minimum absolute atomic E-state index is 0.0201. The number of nitrogens with one attached hydrogen (secondary N) is 1. The Balaban J connectivity index is 2.08. The lowest BCUT2D eigenvalue weighted by molar-refractivity contribution is 0.234. The summed E-state index contributed by atoms with van der Waals surface area (Å²) in [7, 11) is 0. The highest BCUT2D eigenvalue weighted by atomic mass is 32.1. The van der Waals surface area contributed by atoms with Gasteiger partial charge < -0.3 is 15.8 Å². The van der Waals surface area contributed by atoms with Crippen LogP contribution in [0.4, 0.5) is 11.5 Å². The van der Waals surface area contributed by atoms with Gasteiger partial charge in [0.15, 0.2) is 5.82 Å². The number of aromatic nitrogens is 3. The van der Waals surface area contributed by atoms with Crippen LogP contribution in [0.5, 0.6) is 5.88 Å². The summed E-state index contributed by atoms with van der Waals surface area (Å²) in [6.45, 7) is 6.45. The summed E-state index contributed by atoms with van der Waals surface area (Å²) >= 11 is 1.64. The van der Waals surface area contributed by atoms with E-state index < -0.39 is 0 Å². The lowest BCUT2D eigenvalue weighted by Crippen LogP contribution is -2.11. The molecule has 0 radical (unpaired) electrons. The Morgan fingerprint density at radius 2 is 2.16 bits per heavy atom. The van der Waals surface area contributed by atoms with Gasteiger partial charge in [0.25, 0.3) is 0 Å². The topological polar surface area (TPSA) is 86.0 Å². The molecule has 0 aliphatic carbocycles. The average Bonchev–Trinajstić information content (AvgIpc) is 2.76. The van der Waals surface area contributed by atoms with Crippen molar-refractivity contribution in [2.75, 3.05) is 11.1 Å². The zero-order chi connectivity index (χ0) is 13.8. The normalized spacial score (nSPS) is 10.7. The van der Waals surface area contributed by atoms with Crippen LogP contribution in [0.25, 0.3) is 0 Å². The van der Waals surface area contributed by atoms with Crippen LogP contribution in [0.2, 0.25) is 0 Å². The number of rotatable bonds is 5. The third-order valence-electron chi connectivity index (χ3n) is 2.27. The van der Waals surface area contributed by atoms with Gasteiger partial charge >= 0.3 is 0 Å². The van der Waals surface area contributed by atoms with Crippen molar-refractivity contribution in [2.24, 2.45) is 0 Å². The van der Waals surface area contributed by atoms with E-state index in [2.05, 4.69) is 20.3 Å². The highest BCUT2D eigenvalue weighted by Crippen LogP contribution is 2.26. The van der Waals surface area contributed by atoms with Crippen LogP contribution in [0, 0.1) is 6.92 Å². The molecule has 7 heteroatoms. The van der Waals surface area contributed by atoms with E-state index in [9.17, 15) is 0 Å². The van der Waals surface area contributed by atoms with Crippen molar-refractivity contribution in [2.45, 2.75) is 33.4 Å². The van der Waals surface area contributed by atoms with E-state index in [4.69, 9.17) is 10.5 Å². The number of nitrogens with zero attached hydrogens (tertiary/aromatic N) is 3. The molecule has 19 heavy (non-hydrogen) atoms. The summed E-state index contributed by atoms with van der Waals surface area (Å²) in [5, 5.41) is 4.14. The minimum atomic E-state index is 0.0201. The van der Waals surface area contributed by atoms with Gasteiger partial charge in [0, 0.05) is 11.1 Å². The van der Waals surface area contributed by atoms with Crippen LogP contribution in [0.15, 0.2) is 12.5 Å². The summed E-state index contributed by atoms with van der Waals surface area (Å²) in [5.74, 6) is 0.973. The van der Waals surface area contributed by atoms with Crippen molar-refractivity contribution < 1.29 is 4.74 Å². The largest absolute Gasteiger partial charge is 0.473 e. The van der Waals surface area contributed by atoms with Gasteiger partial charge in [0.05, 0.1) is 12.6 Å². The molecule has 0 saturated heterocycles. The minimum Gasteiger partial charge on any atom is -0.473 e. The second-order valence-corrected chi connectivity index (χ2v) is 5.65. The third-order valence-corrected chi connectivity index (χ3v) is 3.18. The molecule has 0 aliphatic rings. The van der Waals surface area contributed by atoms with Gasteiger partial charge in [-0.2, -0.15) is 4.98 Å². The maximum atomic E-state index is 5.97. The van der Waals surface area contributed by atoms with Gasteiger partial charge in [-0.1, -0.05) is 0 Å². The number of ether oxygens (including phenoxy) is 1. The van der Waals surface area contributed by atoms with Crippen LogP contribution in [-0.4, -0.2) is 21.1 Å². The van der Waals surface area contributed by atoms with Crippen LogP contribution in [0.3, 0.4) is 0 Å². The quantitative estimate of drug-likeness (QED) is 0.872. The van der Waals surface area contributed by atoms with Crippen molar-refractivity contribution in [3.63, 3.8) is 0 Å². The molecule has 0 unspecified atom stereocenters. The van der Waals surface area contributed by atoms with Gasteiger partial charge in [-0.25, -0.2) is 9.97 Å². The summed E-state index contributed by atoms with van der Waals surface area (Å²) in [5.41, 5.74) is 6.39. The Morgan fingerprint density at radius 3 is 2.79 bits per heavy atom. The van der Waals surface area contributed by atoms with Crippen molar-refractivity contribution in [1.82, 2.24) is 15.0 Å². The fourth-order valence-corrected chi connectivity index (χ4v) is 2.21. The van der Waals surface area contributed by atoms with Crippen molar-refractivity contribution in [3.05, 3.63) is 22.4 Å². The van der Waals surface area contributed by atoms with E-state index >= 15 is 0 Å². The first kappa shape index (κ1) is 13.5. The second kappa shape index (κ2) is 5.83. The first-order chi connectivity index (χ1) is 9.06. The number of nitrogen functional groups attached to an aromatic ring is 1. The van der Waals surface area contributed by atoms with Gasteiger partial charge in [-0.3, -0.25) is 0 Å². The molecule has 0 spiro atoms. The molecule has 0 bridgehead atoms. The first-order valence-electron chi connectivity index (χ1n) is 5.98. The van der Waals surface area contributed by atoms with E-state index in [1.807, 2.05) is 27.0 Å². The lowest BCUT2D eigenvalue weighted by Gasteiger charge is -2.13. The summed E-state index contributed by atoms with van der Waals surface area (Å²) in [4.78, 5) is 13.6. The predicted molar refractivity (Wildman–Crippen MR) is 76.4 cm³/mol. The highest BCUT2D eigenvalue weighted by molar-refractivity contribution is 7.11. The van der Waals surface area contributed by atoms with E-state index in [1.165, 1.54) is 11.2 Å². The highest BCUT2D eigenvalue weighted by Gasteiger charge is 2.10. The Labute approximate surface area is 116 Å². The maximum Gasteiger partial charge on any atom is 0.242 e. The standard InChI is InChI=1S/C12H17N5OS/c1-7(2)18-12-10(13)11(16-6-17-12)15-5-9-14-4-8(3)19-9/h4,6-7H,5,13H2,1-3H3,(H,15,16,17). The number of aryl methyl sites for hydroxylation is 1.